The molecule has 8 nitrogen and oxygen atoms in total. The molecule has 0 spiro atoms. The first kappa shape index (κ1) is 14.3. The molecule has 0 aliphatic carbocycles. The highest BCUT2D eigenvalue weighted by Crippen LogP contribution is 2.30. The van der Waals surface area contributed by atoms with Gasteiger partial charge in [0.05, 0.1) is 14.2 Å². The lowest BCUT2D eigenvalue weighted by molar-refractivity contribution is 0.355. The second-order valence-electron chi connectivity index (χ2n) is 4.52. The predicted molar refractivity (Wildman–Crippen MR) is 82.0 cm³/mol. The minimum atomic E-state index is -0.284. The van der Waals surface area contributed by atoms with E-state index >= 15 is 0 Å². The van der Waals surface area contributed by atoms with E-state index in [1.54, 1.807) is 32.4 Å². The number of fused-ring (bicyclic) bond motifs is 1. The zero-order chi connectivity index (χ0) is 15.9. The number of ether oxygens (including phenoxy) is 2. The molecule has 0 aliphatic heterocycles. The summed E-state index contributed by atoms with van der Waals surface area (Å²) in [5, 5.41) is 10.9. The van der Waals surface area contributed by atoms with Crippen LogP contribution in [0, 0.1) is 4.77 Å². The van der Waals surface area contributed by atoms with Crippen molar-refractivity contribution in [3.63, 3.8) is 0 Å². The highest BCUT2D eigenvalue weighted by Gasteiger charge is 2.15. The molecule has 0 atom stereocenters. The predicted octanol–water partition coefficient (Wildman–Crippen LogP) is 1.17. The fourth-order valence-electron chi connectivity index (χ4n) is 2.15. The maximum atomic E-state index is 12.5. The van der Waals surface area contributed by atoms with E-state index in [0.29, 0.717) is 27.6 Å². The number of aromatic amines is 1. The minimum Gasteiger partial charge on any atom is -0.493 e. The molecule has 0 radical (unpaired) electrons. The molecule has 0 amide bonds. The summed E-state index contributed by atoms with van der Waals surface area (Å²) in [4.78, 5) is 12.5. The highest BCUT2D eigenvalue weighted by molar-refractivity contribution is 7.71. The van der Waals surface area contributed by atoms with Gasteiger partial charge in [0.2, 0.25) is 4.77 Å². The summed E-state index contributed by atoms with van der Waals surface area (Å²) in [7, 11) is 4.69. The molecule has 0 bridgehead atoms. The Balaban J connectivity index is 2.30. The normalized spacial score (nSPS) is 10.9. The second kappa shape index (κ2) is 5.26. The summed E-state index contributed by atoms with van der Waals surface area (Å²) in [5.41, 5.74) is 0.561. The summed E-state index contributed by atoms with van der Waals surface area (Å²) in [5.74, 6) is 1.43. The van der Waals surface area contributed by atoms with Crippen molar-refractivity contribution in [1.29, 1.82) is 0 Å². The Hall–Kier alpha value is -2.68. The summed E-state index contributed by atoms with van der Waals surface area (Å²) in [6, 6.07) is 5.15. The monoisotopic (exact) mass is 319 g/mol. The van der Waals surface area contributed by atoms with Gasteiger partial charge in [0.25, 0.3) is 11.3 Å². The zero-order valence-electron chi connectivity index (χ0n) is 12.2. The molecule has 3 aromatic rings. The van der Waals surface area contributed by atoms with Crippen LogP contribution in [0.4, 0.5) is 0 Å². The van der Waals surface area contributed by atoms with Gasteiger partial charge >= 0.3 is 0 Å². The largest absolute Gasteiger partial charge is 0.493 e. The van der Waals surface area contributed by atoms with Crippen molar-refractivity contribution >= 4 is 18.0 Å². The summed E-state index contributed by atoms with van der Waals surface area (Å²) in [6.07, 6.45) is 0. The average Bonchev–Trinajstić information content (AvgIpc) is 2.91. The third-order valence-electron chi connectivity index (χ3n) is 3.30. The van der Waals surface area contributed by atoms with Crippen molar-refractivity contribution in [3.05, 3.63) is 33.3 Å². The molecule has 0 saturated heterocycles. The van der Waals surface area contributed by atoms with E-state index in [-0.39, 0.29) is 11.3 Å². The quantitative estimate of drug-likeness (QED) is 0.729. The lowest BCUT2D eigenvalue weighted by Gasteiger charge is -2.09. The smallest absolute Gasteiger partial charge is 0.281 e. The van der Waals surface area contributed by atoms with Crippen LogP contribution in [0.3, 0.4) is 0 Å². The van der Waals surface area contributed by atoms with E-state index in [1.165, 1.54) is 16.2 Å². The highest BCUT2D eigenvalue weighted by atomic mass is 32.1. The number of rotatable bonds is 3. The molecule has 0 fully saturated rings. The molecular weight excluding hydrogens is 306 g/mol. The fourth-order valence-corrected chi connectivity index (χ4v) is 2.32. The molecule has 1 N–H and O–H groups in total. The van der Waals surface area contributed by atoms with Gasteiger partial charge in [0.1, 0.15) is 0 Å². The number of nitrogens with one attached hydrogen (secondary N) is 1. The van der Waals surface area contributed by atoms with Crippen LogP contribution >= 0.6 is 12.2 Å². The van der Waals surface area contributed by atoms with Crippen molar-refractivity contribution in [2.24, 2.45) is 7.05 Å². The Labute approximate surface area is 129 Å². The maximum Gasteiger partial charge on any atom is 0.281 e. The third kappa shape index (κ3) is 2.06. The SMILES string of the molecule is COc1ccc(-c2nn3c(=S)[nH]nc3n(C)c2=O)cc1OC. The van der Waals surface area contributed by atoms with Crippen LogP contribution in [0.2, 0.25) is 0 Å². The lowest BCUT2D eigenvalue weighted by atomic mass is 10.1. The Bertz CT molecular complexity index is 972. The van der Waals surface area contributed by atoms with Crippen molar-refractivity contribution in [2.45, 2.75) is 0 Å². The van der Waals surface area contributed by atoms with E-state index in [0.717, 1.165) is 0 Å². The molecular formula is C13H13N5O3S. The van der Waals surface area contributed by atoms with Crippen LogP contribution in [0.15, 0.2) is 23.0 Å². The Kier molecular flexibility index (Phi) is 3.41. The number of hydrogen-bond acceptors (Lipinski definition) is 6. The third-order valence-corrected chi connectivity index (χ3v) is 3.56. The molecule has 3 rings (SSSR count). The van der Waals surface area contributed by atoms with E-state index in [1.807, 2.05) is 0 Å². The molecule has 2 aromatic heterocycles. The van der Waals surface area contributed by atoms with Crippen molar-refractivity contribution in [1.82, 2.24) is 24.4 Å². The van der Waals surface area contributed by atoms with Gasteiger partial charge in [-0.15, -0.1) is 5.10 Å². The van der Waals surface area contributed by atoms with Gasteiger partial charge in [0.15, 0.2) is 17.2 Å². The molecule has 0 aliphatic rings. The average molecular weight is 319 g/mol. The second-order valence-corrected chi connectivity index (χ2v) is 4.91. The molecule has 114 valence electrons. The van der Waals surface area contributed by atoms with Crippen LogP contribution in [0.5, 0.6) is 11.5 Å². The first-order valence-corrected chi connectivity index (χ1v) is 6.74. The number of nitrogens with zero attached hydrogens (tertiary/aromatic N) is 4. The number of hydrogen-bond donors (Lipinski definition) is 1. The van der Waals surface area contributed by atoms with Gasteiger partial charge in [-0.1, -0.05) is 0 Å². The topological polar surface area (TPSA) is 86.4 Å². The lowest BCUT2D eigenvalue weighted by Crippen LogP contribution is -2.23. The van der Waals surface area contributed by atoms with E-state index in [9.17, 15) is 4.79 Å². The van der Waals surface area contributed by atoms with Crippen LogP contribution in [-0.2, 0) is 7.05 Å². The van der Waals surface area contributed by atoms with Gasteiger partial charge in [-0.3, -0.25) is 9.36 Å². The van der Waals surface area contributed by atoms with Gasteiger partial charge in [-0.25, -0.2) is 5.10 Å². The summed E-state index contributed by atoms with van der Waals surface area (Å²) >= 11 is 5.11. The Morgan fingerprint density at radius 2 is 1.95 bits per heavy atom. The fraction of sp³-hybridized carbons (Fsp3) is 0.231. The summed E-state index contributed by atoms with van der Waals surface area (Å²) < 4.78 is 13.5. The van der Waals surface area contributed by atoms with Gasteiger partial charge < -0.3 is 9.47 Å². The van der Waals surface area contributed by atoms with E-state index in [2.05, 4.69) is 15.3 Å². The van der Waals surface area contributed by atoms with Crippen LogP contribution in [0.25, 0.3) is 17.0 Å². The van der Waals surface area contributed by atoms with Gasteiger partial charge in [-0.2, -0.15) is 9.61 Å². The zero-order valence-corrected chi connectivity index (χ0v) is 13.0. The maximum absolute atomic E-state index is 12.5. The van der Waals surface area contributed by atoms with Crippen molar-refractivity contribution in [3.8, 4) is 22.8 Å². The van der Waals surface area contributed by atoms with Gasteiger partial charge in [0, 0.05) is 12.6 Å². The molecule has 22 heavy (non-hydrogen) atoms. The minimum absolute atomic E-state index is 0.244. The number of aryl methyl sites for hydroxylation is 1. The molecule has 2 heterocycles. The number of aromatic nitrogens is 5. The van der Waals surface area contributed by atoms with Crippen molar-refractivity contribution in [2.75, 3.05) is 14.2 Å². The molecule has 9 heteroatoms. The summed E-state index contributed by atoms with van der Waals surface area (Å²) in [6.45, 7) is 0. The number of H-pyrrole nitrogens is 1. The van der Waals surface area contributed by atoms with E-state index in [4.69, 9.17) is 21.7 Å². The van der Waals surface area contributed by atoms with Gasteiger partial charge in [-0.05, 0) is 30.4 Å². The van der Waals surface area contributed by atoms with Crippen LogP contribution in [-0.4, -0.2) is 38.6 Å². The molecule has 0 unspecified atom stereocenters. The van der Waals surface area contributed by atoms with E-state index < -0.39 is 0 Å². The number of benzene rings is 1. The molecule has 0 saturated carbocycles. The van der Waals surface area contributed by atoms with Crippen LogP contribution in [0.1, 0.15) is 0 Å². The van der Waals surface area contributed by atoms with Crippen LogP contribution < -0.4 is 15.0 Å². The number of methoxy groups -OCH3 is 2. The Morgan fingerprint density at radius 3 is 2.64 bits per heavy atom. The first-order valence-electron chi connectivity index (χ1n) is 6.33. The Morgan fingerprint density at radius 1 is 1.23 bits per heavy atom. The van der Waals surface area contributed by atoms with Crippen molar-refractivity contribution < 1.29 is 9.47 Å². The molecule has 1 aromatic carbocycles. The standard InChI is InChI=1S/C13H13N5O3S/c1-17-11(19)10(16-18-12(17)14-15-13(18)22)7-4-5-8(20-2)9(6-7)21-3/h4-6H,1-3H3,(H,15,22). The first-order chi connectivity index (χ1) is 10.6.